The van der Waals surface area contributed by atoms with Crippen LogP contribution in [0, 0.1) is 5.92 Å². The number of likely N-dealkylation sites (N-methyl/N-ethyl adjacent to an activating group) is 1. The van der Waals surface area contributed by atoms with Crippen molar-refractivity contribution in [2.24, 2.45) is 5.92 Å². The van der Waals surface area contributed by atoms with Crippen molar-refractivity contribution in [2.45, 2.75) is 90.2 Å². The maximum atomic E-state index is 12.6. The number of ether oxygens (including phenoxy) is 2. The lowest BCUT2D eigenvalue weighted by Crippen LogP contribution is -2.46. The normalized spacial score (nSPS) is 19.8. The van der Waals surface area contributed by atoms with Crippen molar-refractivity contribution in [1.29, 1.82) is 0 Å². The number of carbonyl (C=O) groups is 2. The molecular formula is C44H55N3O6. The summed E-state index contributed by atoms with van der Waals surface area (Å²) in [4.78, 5) is 25.8. The van der Waals surface area contributed by atoms with E-state index in [1.54, 1.807) is 0 Å². The standard InChI is InChI=1S/C44H55N3O6/c1-30-40(28-47(4)31(2)42(51)35-13-7-5-8-14-35)52-44(53-43(30)36-20-18-33(29-48)19-21-36)37-24-22-34(23-25-37)39-16-11-10-15-38(39)27-46-41(50)17-9-6-12-26-45-32(3)49/h5,7-8,10-11,13-16,18-25,30-31,40,42-44,48,51H,6,9,12,17,26-29H2,1-4H3,(H,45,49)(H,46,50)/t30-,31+,40+,42+,43+,44+/m0/s1. The molecular weight excluding hydrogens is 666 g/mol. The molecule has 0 aromatic heterocycles. The number of carbonyl (C=O) groups excluding carboxylic acids is 2. The van der Waals surface area contributed by atoms with E-state index in [9.17, 15) is 19.8 Å². The summed E-state index contributed by atoms with van der Waals surface area (Å²) in [7, 11) is 2.02. The first kappa shape index (κ1) is 39.8. The second kappa shape index (κ2) is 19.6. The summed E-state index contributed by atoms with van der Waals surface area (Å²) in [5.41, 5.74) is 6.73. The molecule has 282 valence electrons. The number of aliphatic hydroxyl groups excluding tert-OH is 2. The van der Waals surface area contributed by atoms with Gasteiger partial charge in [-0.2, -0.15) is 0 Å². The Morgan fingerprint density at radius 3 is 2.21 bits per heavy atom. The molecule has 0 spiro atoms. The fourth-order valence-corrected chi connectivity index (χ4v) is 6.86. The van der Waals surface area contributed by atoms with Gasteiger partial charge in [-0.3, -0.25) is 14.5 Å². The molecule has 1 aliphatic heterocycles. The largest absolute Gasteiger partial charge is 0.392 e. The third-order valence-electron chi connectivity index (χ3n) is 10.3. The number of hydrogen-bond acceptors (Lipinski definition) is 7. The number of rotatable bonds is 17. The topological polar surface area (TPSA) is 120 Å². The van der Waals surface area contributed by atoms with E-state index in [1.807, 2.05) is 98.9 Å². The molecule has 1 aliphatic rings. The molecule has 0 unspecified atom stereocenters. The molecule has 4 aromatic carbocycles. The lowest BCUT2D eigenvalue weighted by atomic mass is 9.89. The number of hydrogen-bond donors (Lipinski definition) is 4. The van der Waals surface area contributed by atoms with E-state index in [1.165, 1.54) is 6.92 Å². The van der Waals surface area contributed by atoms with Crippen molar-refractivity contribution in [2.75, 3.05) is 20.1 Å². The zero-order valence-electron chi connectivity index (χ0n) is 31.4. The van der Waals surface area contributed by atoms with Crippen LogP contribution in [-0.2, 0) is 32.2 Å². The fourth-order valence-electron chi connectivity index (χ4n) is 6.86. The van der Waals surface area contributed by atoms with Crippen LogP contribution in [0.1, 0.15) is 92.8 Å². The summed E-state index contributed by atoms with van der Waals surface area (Å²) >= 11 is 0. The minimum Gasteiger partial charge on any atom is -0.392 e. The van der Waals surface area contributed by atoms with Crippen molar-refractivity contribution >= 4 is 11.8 Å². The van der Waals surface area contributed by atoms with Crippen LogP contribution < -0.4 is 10.6 Å². The molecule has 2 amide bonds. The van der Waals surface area contributed by atoms with E-state index in [2.05, 4.69) is 40.7 Å². The van der Waals surface area contributed by atoms with E-state index in [0.29, 0.717) is 26.1 Å². The number of amides is 2. The number of unbranched alkanes of at least 4 members (excludes halogenated alkanes) is 2. The summed E-state index contributed by atoms with van der Waals surface area (Å²) < 4.78 is 13.4. The zero-order valence-corrected chi connectivity index (χ0v) is 31.4. The summed E-state index contributed by atoms with van der Waals surface area (Å²) in [5, 5.41) is 26.7. The van der Waals surface area contributed by atoms with Crippen LogP contribution in [0.25, 0.3) is 11.1 Å². The first-order valence-electron chi connectivity index (χ1n) is 18.8. The Labute approximate surface area is 314 Å². The monoisotopic (exact) mass is 721 g/mol. The van der Waals surface area contributed by atoms with Crippen molar-refractivity contribution in [1.82, 2.24) is 15.5 Å². The highest BCUT2D eigenvalue weighted by molar-refractivity contribution is 5.76. The molecule has 1 heterocycles. The Morgan fingerprint density at radius 1 is 0.830 bits per heavy atom. The van der Waals surface area contributed by atoms with Crippen LogP contribution in [0.2, 0.25) is 0 Å². The van der Waals surface area contributed by atoms with Crippen molar-refractivity contribution in [3.63, 3.8) is 0 Å². The molecule has 0 bridgehead atoms. The molecule has 6 atom stereocenters. The predicted octanol–water partition coefficient (Wildman–Crippen LogP) is 7.00. The second-order valence-corrected chi connectivity index (χ2v) is 14.2. The van der Waals surface area contributed by atoms with Gasteiger partial charge in [0.2, 0.25) is 11.8 Å². The highest BCUT2D eigenvalue weighted by Crippen LogP contribution is 2.42. The Balaban J connectivity index is 1.28. The average Bonchev–Trinajstić information content (AvgIpc) is 3.19. The third-order valence-corrected chi connectivity index (χ3v) is 10.3. The quantitative estimate of drug-likeness (QED) is 0.0867. The van der Waals surface area contributed by atoms with Crippen molar-refractivity contribution in [3.05, 3.63) is 131 Å². The molecule has 1 saturated heterocycles. The molecule has 5 rings (SSSR count). The third kappa shape index (κ3) is 11.1. The van der Waals surface area contributed by atoms with Gasteiger partial charge in [0.15, 0.2) is 6.29 Å². The van der Waals surface area contributed by atoms with E-state index in [4.69, 9.17) is 9.47 Å². The Kier molecular flexibility index (Phi) is 14.7. The predicted molar refractivity (Wildman–Crippen MR) is 207 cm³/mol. The van der Waals surface area contributed by atoms with Gasteiger partial charge in [0.1, 0.15) is 0 Å². The van der Waals surface area contributed by atoms with Gasteiger partial charge in [-0.1, -0.05) is 116 Å². The van der Waals surface area contributed by atoms with Gasteiger partial charge < -0.3 is 30.3 Å². The molecule has 4 N–H and O–H groups in total. The molecule has 4 aromatic rings. The minimum atomic E-state index is -0.648. The SMILES string of the molecule is CC(=O)NCCCCCC(=O)NCc1ccccc1-c1ccc([C@@H]2O[C@H](CN(C)[C@H](C)[C@@H](O)c3ccccc3)[C@H](C)[C@H](c3ccc(CO)cc3)O2)cc1. The van der Waals surface area contributed by atoms with Crippen molar-refractivity contribution < 1.29 is 29.3 Å². The van der Waals surface area contributed by atoms with Crippen LogP contribution in [-0.4, -0.2) is 59.2 Å². The Morgan fingerprint density at radius 2 is 1.51 bits per heavy atom. The molecule has 0 saturated carbocycles. The lowest BCUT2D eigenvalue weighted by Gasteiger charge is -2.43. The smallest absolute Gasteiger partial charge is 0.220 e. The number of nitrogens with one attached hydrogen (secondary N) is 2. The van der Waals surface area contributed by atoms with Gasteiger partial charge in [-0.25, -0.2) is 0 Å². The minimum absolute atomic E-state index is 0.000144. The highest BCUT2D eigenvalue weighted by Gasteiger charge is 2.39. The average molecular weight is 722 g/mol. The van der Waals surface area contributed by atoms with Gasteiger partial charge in [-0.05, 0) is 60.2 Å². The highest BCUT2D eigenvalue weighted by atomic mass is 16.7. The first-order chi connectivity index (χ1) is 25.6. The number of benzene rings is 4. The summed E-state index contributed by atoms with van der Waals surface area (Å²) in [6.45, 7) is 7.32. The van der Waals surface area contributed by atoms with E-state index in [-0.39, 0.29) is 42.6 Å². The zero-order chi connectivity index (χ0) is 37.7. The second-order valence-electron chi connectivity index (χ2n) is 14.2. The first-order valence-corrected chi connectivity index (χ1v) is 18.8. The molecule has 9 heteroatoms. The van der Waals surface area contributed by atoms with Gasteiger partial charge in [-0.15, -0.1) is 0 Å². The summed E-state index contributed by atoms with van der Waals surface area (Å²) in [6.07, 6.45) is 1.24. The number of nitrogens with zero attached hydrogens (tertiary/aromatic N) is 1. The Hall–Kier alpha value is -4.38. The van der Waals surface area contributed by atoms with Gasteiger partial charge in [0, 0.05) is 50.5 Å². The van der Waals surface area contributed by atoms with Crippen LogP contribution in [0.4, 0.5) is 0 Å². The van der Waals surface area contributed by atoms with Gasteiger partial charge >= 0.3 is 0 Å². The van der Waals surface area contributed by atoms with E-state index in [0.717, 1.165) is 58.2 Å². The van der Waals surface area contributed by atoms with Gasteiger partial charge in [0.25, 0.3) is 0 Å². The lowest BCUT2D eigenvalue weighted by molar-refractivity contribution is -0.276. The molecule has 9 nitrogen and oxygen atoms in total. The fraction of sp³-hybridized carbons (Fsp3) is 0.409. The summed E-state index contributed by atoms with van der Waals surface area (Å²) in [5.74, 6) is -0.0177. The van der Waals surface area contributed by atoms with Crippen LogP contribution in [0.5, 0.6) is 0 Å². The number of aliphatic hydroxyl groups is 2. The maximum absolute atomic E-state index is 12.6. The maximum Gasteiger partial charge on any atom is 0.220 e. The van der Waals surface area contributed by atoms with E-state index < -0.39 is 12.4 Å². The van der Waals surface area contributed by atoms with Crippen LogP contribution >= 0.6 is 0 Å². The van der Waals surface area contributed by atoms with Crippen LogP contribution in [0.3, 0.4) is 0 Å². The van der Waals surface area contributed by atoms with Crippen LogP contribution in [0.15, 0.2) is 103 Å². The summed E-state index contributed by atoms with van der Waals surface area (Å²) in [6, 6.07) is 33.8. The molecule has 1 fully saturated rings. The van der Waals surface area contributed by atoms with Gasteiger partial charge in [0.05, 0.1) is 24.9 Å². The Bertz CT molecular complexity index is 1730. The van der Waals surface area contributed by atoms with E-state index >= 15 is 0 Å². The molecule has 0 aliphatic carbocycles. The van der Waals surface area contributed by atoms with Crippen molar-refractivity contribution in [3.8, 4) is 11.1 Å². The molecule has 0 radical (unpaired) electrons. The molecule has 53 heavy (non-hydrogen) atoms.